The van der Waals surface area contributed by atoms with E-state index in [0.29, 0.717) is 25.3 Å². The molecular weight excluding hydrogens is 226 g/mol. The maximum absolute atomic E-state index is 9.91. The summed E-state index contributed by atoms with van der Waals surface area (Å²) in [5.74, 6) is 0.813. The zero-order chi connectivity index (χ0) is 12.8. The fraction of sp³-hybridized carbons (Fsp3) is 1.00. The van der Waals surface area contributed by atoms with Gasteiger partial charge in [-0.25, -0.2) is 0 Å². The van der Waals surface area contributed by atoms with Gasteiger partial charge in [-0.05, 0) is 38.5 Å². The van der Waals surface area contributed by atoms with E-state index in [1.807, 2.05) is 0 Å². The van der Waals surface area contributed by atoms with E-state index in [1.54, 1.807) is 0 Å². The standard InChI is InChI=1S/C15H29NO2/c1-12(13-6-2-3-7-13)16-10-14(17)11-18-15-8-4-5-9-15/h12-17H,2-11H2,1H3/t12-,14?/m1/s1. The van der Waals surface area contributed by atoms with Gasteiger partial charge in [0.05, 0.1) is 18.8 Å². The van der Waals surface area contributed by atoms with Crippen LogP contribution in [-0.4, -0.2) is 36.5 Å². The average molecular weight is 255 g/mol. The van der Waals surface area contributed by atoms with Crippen molar-refractivity contribution in [2.45, 2.75) is 76.5 Å². The Morgan fingerprint density at radius 2 is 1.72 bits per heavy atom. The second kappa shape index (κ2) is 7.46. The van der Waals surface area contributed by atoms with Crippen LogP contribution in [0, 0.1) is 5.92 Å². The second-order valence-corrected chi connectivity index (χ2v) is 6.14. The Hall–Kier alpha value is -0.120. The molecule has 0 saturated heterocycles. The third-order valence-corrected chi connectivity index (χ3v) is 4.61. The molecule has 1 unspecified atom stereocenters. The monoisotopic (exact) mass is 255 g/mol. The summed E-state index contributed by atoms with van der Waals surface area (Å²) in [7, 11) is 0. The fourth-order valence-electron chi connectivity index (χ4n) is 3.31. The van der Waals surface area contributed by atoms with Gasteiger partial charge >= 0.3 is 0 Å². The Kier molecular flexibility index (Phi) is 5.93. The van der Waals surface area contributed by atoms with Gasteiger partial charge in [-0.3, -0.25) is 0 Å². The smallest absolute Gasteiger partial charge is 0.0897 e. The molecule has 18 heavy (non-hydrogen) atoms. The summed E-state index contributed by atoms with van der Waals surface area (Å²) in [6.45, 7) is 3.42. The fourth-order valence-corrected chi connectivity index (χ4v) is 3.31. The van der Waals surface area contributed by atoms with Gasteiger partial charge < -0.3 is 15.2 Å². The predicted molar refractivity (Wildman–Crippen MR) is 73.6 cm³/mol. The van der Waals surface area contributed by atoms with Crippen LogP contribution >= 0.6 is 0 Å². The summed E-state index contributed by atoms with van der Waals surface area (Å²) < 4.78 is 5.73. The maximum atomic E-state index is 9.91. The van der Waals surface area contributed by atoms with E-state index >= 15 is 0 Å². The molecular formula is C15H29NO2. The number of rotatable bonds is 7. The minimum atomic E-state index is -0.352. The molecule has 0 aromatic carbocycles. The summed E-state index contributed by atoms with van der Waals surface area (Å²) >= 11 is 0. The van der Waals surface area contributed by atoms with Gasteiger partial charge in [0.25, 0.3) is 0 Å². The molecule has 106 valence electrons. The number of aliphatic hydroxyl groups excluding tert-OH is 1. The summed E-state index contributed by atoms with van der Waals surface area (Å²) in [5.41, 5.74) is 0. The van der Waals surface area contributed by atoms with Gasteiger partial charge in [0.15, 0.2) is 0 Å². The van der Waals surface area contributed by atoms with Crippen LogP contribution in [-0.2, 0) is 4.74 Å². The Bertz CT molecular complexity index is 223. The first-order valence-electron chi connectivity index (χ1n) is 7.78. The van der Waals surface area contributed by atoms with E-state index in [2.05, 4.69) is 12.2 Å². The van der Waals surface area contributed by atoms with Crippen LogP contribution < -0.4 is 5.32 Å². The van der Waals surface area contributed by atoms with Crippen molar-refractivity contribution in [3.05, 3.63) is 0 Å². The van der Waals surface area contributed by atoms with Gasteiger partial charge in [-0.2, -0.15) is 0 Å². The van der Waals surface area contributed by atoms with Crippen molar-refractivity contribution in [1.82, 2.24) is 5.32 Å². The summed E-state index contributed by atoms with van der Waals surface area (Å²) in [4.78, 5) is 0. The average Bonchev–Trinajstić information content (AvgIpc) is 3.05. The number of ether oxygens (including phenoxy) is 1. The Balaban J connectivity index is 1.54. The van der Waals surface area contributed by atoms with Crippen molar-refractivity contribution in [1.29, 1.82) is 0 Å². The third kappa shape index (κ3) is 4.52. The van der Waals surface area contributed by atoms with E-state index in [1.165, 1.54) is 51.4 Å². The molecule has 0 aromatic rings. The van der Waals surface area contributed by atoms with Crippen LogP contribution in [0.25, 0.3) is 0 Å². The summed E-state index contributed by atoms with van der Waals surface area (Å²) in [6.07, 6.45) is 10.5. The van der Waals surface area contributed by atoms with Crippen LogP contribution in [0.2, 0.25) is 0 Å². The van der Waals surface area contributed by atoms with E-state index in [-0.39, 0.29) is 6.10 Å². The molecule has 0 aromatic heterocycles. The molecule has 2 fully saturated rings. The number of hydrogen-bond donors (Lipinski definition) is 2. The molecule has 2 rings (SSSR count). The van der Waals surface area contributed by atoms with Gasteiger partial charge in [0, 0.05) is 12.6 Å². The first kappa shape index (κ1) is 14.3. The van der Waals surface area contributed by atoms with E-state index in [9.17, 15) is 5.11 Å². The first-order chi connectivity index (χ1) is 8.75. The molecule has 2 N–H and O–H groups in total. The van der Waals surface area contributed by atoms with Gasteiger partial charge in [-0.15, -0.1) is 0 Å². The quantitative estimate of drug-likeness (QED) is 0.734. The largest absolute Gasteiger partial charge is 0.389 e. The highest BCUT2D eigenvalue weighted by Gasteiger charge is 2.22. The molecule has 0 amide bonds. The lowest BCUT2D eigenvalue weighted by Crippen LogP contribution is -2.39. The van der Waals surface area contributed by atoms with Crippen molar-refractivity contribution >= 4 is 0 Å². The van der Waals surface area contributed by atoms with Gasteiger partial charge in [-0.1, -0.05) is 25.7 Å². The van der Waals surface area contributed by atoms with Crippen LogP contribution in [0.1, 0.15) is 58.3 Å². The Morgan fingerprint density at radius 1 is 1.11 bits per heavy atom. The van der Waals surface area contributed by atoms with Crippen LogP contribution in [0.3, 0.4) is 0 Å². The summed E-state index contributed by atoms with van der Waals surface area (Å²) in [5, 5.41) is 13.4. The van der Waals surface area contributed by atoms with Crippen molar-refractivity contribution < 1.29 is 9.84 Å². The molecule has 0 heterocycles. The molecule has 2 saturated carbocycles. The van der Waals surface area contributed by atoms with Crippen molar-refractivity contribution in [2.75, 3.05) is 13.2 Å². The predicted octanol–water partition coefficient (Wildman–Crippen LogP) is 2.47. The van der Waals surface area contributed by atoms with Gasteiger partial charge in [0.1, 0.15) is 0 Å². The second-order valence-electron chi connectivity index (χ2n) is 6.14. The minimum absolute atomic E-state index is 0.352. The molecule has 0 bridgehead atoms. The highest BCUT2D eigenvalue weighted by molar-refractivity contribution is 4.78. The van der Waals surface area contributed by atoms with Gasteiger partial charge in [0.2, 0.25) is 0 Å². The molecule has 2 aliphatic carbocycles. The molecule has 0 radical (unpaired) electrons. The Labute approximate surface area is 111 Å². The maximum Gasteiger partial charge on any atom is 0.0897 e. The van der Waals surface area contributed by atoms with Crippen LogP contribution in [0.15, 0.2) is 0 Å². The van der Waals surface area contributed by atoms with E-state index in [4.69, 9.17) is 4.74 Å². The van der Waals surface area contributed by atoms with Crippen LogP contribution in [0.4, 0.5) is 0 Å². The molecule has 3 nitrogen and oxygen atoms in total. The molecule has 2 aliphatic rings. The lowest BCUT2D eigenvalue weighted by Gasteiger charge is -2.23. The number of hydrogen-bond acceptors (Lipinski definition) is 3. The highest BCUT2D eigenvalue weighted by atomic mass is 16.5. The molecule has 3 heteroatoms. The third-order valence-electron chi connectivity index (χ3n) is 4.61. The Morgan fingerprint density at radius 3 is 2.39 bits per heavy atom. The molecule has 2 atom stereocenters. The molecule has 0 aliphatic heterocycles. The molecule has 0 spiro atoms. The van der Waals surface area contributed by atoms with Crippen molar-refractivity contribution in [2.24, 2.45) is 5.92 Å². The zero-order valence-electron chi connectivity index (χ0n) is 11.7. The van der Waals surface area contributed by atoms with E-state index < -0.39 is 0 Å². The lowest BCUT2D eigenvalue weighted by atomic mass is 10.00. The topological polar surface area (TPSA) is 41.5 Å². The highest BCUT2D eigenvalue weighted by Crippen LogP contribution is 2.27. The minimum Gasteiger partial charge on any atom is -0.389 e. The van der Waals surface area contributed by atoms with Crippen molar-refractivity contribution in [3.63, 3.8) is 0 Å². The van der Waals surface area contributed by atoms with Crippen LogP contribution in [0.5, 0.6) is 0 Å². The normalized spacial score (nSPS) is 25.7. The van der Waals surface area contributed by atoms with E-state index in [0.717, 1.165) is 5.92 Å². The van der Waals surface area contributed by atoms with Crippen molar-refractivity contribution in [3.8, 4) is 0 Å². The SMILES string of the molecule is C[C@@H](NCC(O)COC1CCCC1)C1CCCC1. The zero-order valence-corrected chi connectivity index (χ0v) is 11.7. The lowest BCUT2D eigenvalue weighted by molar-refractivity contribution is -0.00659. The first-order valence-corrected chi connectivity index (χ1v) is 7.78. The number of aliphatic hydroxyl groups is 1. The number of nitrogens with one attached hydrogen (secondary N) is 1. The summed E-state index contributed by atoms with van der Waals surface area (Å²) in [6, 6.07) is 0.536.